The Kier molecular flexibility index (Phi) is 2.51. The van der Waals surface area contributed by atoms with E-state index < -0.39 is 0 Å². The largest absolute Gasteiger partial charge is 0.399 e. The third kappa shape index (κ3) is 1.69. The van der Waals surface area contributed by atoms with Crippen LogP contribution in [0.5, 0.6) is 0 Å². The summed E-state index contributed by atoms with van der Waals surface area (Å²) in [5.41, 5.74) is 8.16. The van der Waals surface area contributed by atoms with E-state index in [1.807, 2.05) is 12.1 Å². The number of aliphatic hydroxyl groups is 1. The third-order valence-corrected chi connectivity index (χ3v) is 4.64. The standard InChI is InChI=1S/C14H20N2O/c15-12-2-4-13(5-3-12)16-8-11(9-17)14(10-16)6-1-7-14/h2-5,11,17H,1,6-10,15H2/t11-/m1/s1. The van der Waals surface area contributed by atoms with Gasteiger partial charge in [0.1, 0.15) is 0 Å². The van der Waals surface area contributed by atoms with E-state index in [2.05, 4.69) is 17.0 Å². The number of benzene rings is 1. The first-order valence-electron chi connectivity index (χ1n) is 6.45. The van der Waals surface area contributed by atoms with Crippen LogP contribution in [0.25, 0.3) is 0 Å². The van der Waals surface area contributed by atoms with Crippen molar-refractivity contribution < 1.29 is 5.11 Å². The molecule has 1 aromatic rings. The highest BCUT2D eigenvalue weighted by molar-refractivity contribution is 5.54. The summed E-state index contributed by atoms with van der Waals surface area (Å²) in [7, 11) is 0. The maximum atomic E-state index is 9.53. The molecule has 0 aromatic heterocycles. The van der Waals surface area contributed by atoms with Gasteiger partial charge in [0.15, 0.2) is 0 Å². The quantitative estimate of drug-likeness (QED) is 0.765. The van der Waals surface area contributed by atoms with Crippen molar-refractivity contribution in [2.45, 2.75) is 19.3 Å². The molecular formula is C14H20N2O. The van der Waals surface area contributed by atoms with Gasteiger partial charge in [0.05, 0.1) is 0 Å². The Morgan fingerprint density at radius 1 is 1.29 bits per heavy atom. The summed E-state index contributed by atoms with van der Waals surface area (Å²) in [4.78, 5) is 2.40. The first-order chi connectivity index (χ1) is 8.23. The van der Waals surface area contributed by atoms with Gasteiger partial charge in [-0.3, -0.25) is 0 Å². The number of nitrogens with zero attached hydrogens (tertiary/aromatic N) is 1. The molecular weight excluding hydrogens is 212 g/mol. The molecule has 1 spiro atoms. The van der Waals surface area contributed by atoms with Crippen LogP contribution < -0.4 is 10.6 Å². The molecule has 0 bridgehead atoms. The molecule has 1 aromatic carbocycles. The van der Waals surface area contributed by atoms with Gasteiger partial charge < -0.3 is 15.7 Å². The fourth-order valence-electron chi connectivity index (χ4n) is 3.36. The van der Waals surface area contributed by atoms with Crippen LogP contribution in [0, 0.1) is 11.3 Å². The molecule has 2 aliphatic rings. The van der Waals surface area contributed by atoms with Crippen LogP contribution in [-0.4, -0.2) is 24.8 Å². The van der Waals surface area contributed by atoms with Crippen LogP contribution >= 0.6 is 0 Å². The Labute approximate surface area is 102 Å². The van der Waals surface area contributed by atoms with Crippen LogP contribution in [0.15, 0.2) is 24.3 Å². The number of anilines is 2. The molecule has 1 aliphatic heterocycles. The van der Waals surface area contributed by atoms with E-state index in [4.69, 9.17) is 5.73 Å². The van der Waals surface area contributed by atoms with Gasteiger partial charge in [-0.1, -0.05) is 6.42 Å². The van der Waals surface area contributed by atoms with Gasteiger partial charge in [-0.05, 0) is 42.5 Å². The monoisotopic (exact) mass is 232 g/mol. The molecule has 3 rings (SSSR count). The van der Waals surface area contributed by atoms with E-state index in [-0.39, 0.29) is 0 Å². The number of hydrogen-bond donors (Lipinski definition) is 2. The lowest BCUT2D eigenvalue weighted by molar-refractivity contribution is 0.0571. The first kappa shape index (κ1) is 10.9. The van der Waals surface area contributed by atoms with Gasteiger partial charge >= 0.3 is 0 Å². The molecule has 0 unspecified atom stereocenters. The normalized spacial score (nSPS) is 26.2. The van der Waals surface area contributed by atoms with E-state index in [1.54, 1.807) is 0 Å². The first-order valence-corrected chi connectivity index (χ1v) is 6.45. The lowest BCUT2D eigenvalue weighted by atomic mass is 9.63. The number of nitrogen functional groups attached to an aromatic ring is 1. The van der Waals surface area contributed by atoms with Crippen molar-refractivity contribution in [1.29, 1.82) is 0 Å². The van der Waals surface area contributed by atoms with E-state index in [0.29, 0.717) is 17.9 Å². The molecule has 1 saturated carbocycles. The average Bonchev–Trinajstić information content (AvgIpc) is 2.69. The summed E-state index contributed by atoms with van der Waals surface area (Å²) in [5, 5.41) is 9.53. The topological polar surface area (TPSA) is 49.5 Å². The number of hydrogen-bond acceptors (Lipinski definition) is 3. The van der Waals surface area contributed by atoms with Crippen molar-refractivity contribution in [3.63, 3.8) is 0 Å². The molecule has 2 fully saturated rings. The van der Waals surface area contributed by atoms with Gasteiger partial charge in [-0.2, -0.15) is 0 Å². The van der Waals surface area contributed by atoms with Gasteiger partial charge in [-0.15, -0.1) is 0 Å². The molecule has 3 nitrogen and oxygen atoms in total. The zero-order chi connectivity index (χ0) is 11.9. The molecule has 1 atom stereocenters. The summed E-state index contributed by atoms with van der Waals surface area (Å²) in [6.07, 6.45) is 3.89. The van der Waals surface area contributed by atoms with Crippen molar-refractivity contribution in [1.82, 2.24) is 0 Å². The zero-order valence-corrected chi connectivity index (χ0v) is 10.1. The second-order valence-corrected chi connectivity index (χ2v) is 5.57. The second kappa shape index (κ2) is 3.91. The average molecular weight is 232 g/mol. The molecule has 17 heavy (non-hydrogen) atoms. The van der Waals surface area contributed by atoms with Gasteiger partial charge in [0.2, 0.25) is 0 Å². The van der Waals surface area contributed by atoms with E-state index in [0.717, 1.165) is 18.8 Å². The van der Waals surface area contributed by atoms with E-state index >= 15 is 0 Å². The smallest absolute Gasteiger partial charge is 0.0482 e. The Morgan fingerprint density at radius 2 is 2.00 bits per heavy atom. The van der Waals surface area contributed by atoms with Crippen LogP contribution in [-0.2, 0) is 0 Å². The number of rotatable bonds is 2. The van der Waals surface area contributed by atoms with Crippen LogP contribution in [0.2, 0.25) is 0 Å². The Morgan fingerprint density at radius 3 is 2.47 bits per heavy atom. The Bertz CT molecular complexity index is 397. The predicted octanol–water partition coefficient (Wildman–Crippen LogP) is 1.87. The summed E-state index contributed by atoms with van der Waals surface area (Å²) in [6, 6.07) is 8.08. The number of nitrogens with two attached hydrogens (primary N) is 1. The van der Waals surface area contributed by atoms with Crippen molar-refractivity contribution in [2.24, 2.45) is 11.3 Å². The highest BCUT2D eigenvalue weighted by atomic mass is 16.3. The Hall–Kier alpha value is -1.22. The molecule has 3 heteroatoms. The lowest BCUT2D eigenvalue weighted by Crippen LogP contribution is -2.38. The predicted molar refractivity (Wildman–Crippen MR) is 69.9 cm³/mol. The van der Waals surface area contributed by atoms with E-state index in [9.17, 15) is 5.11 Å². The third-order valence-electron chi connectivity index (χ3n) is 4.64. The van der Waals surface area contributed by atoms with Crippen molar-refractivity contribution in [3.8, 4) is 0 Å². The molecule has 0 radical (unpaired) electrons. The number of aliphatic hydroxyl groups excluding tert-OH is 1. The molecule has 0 amide bonds. The van der Waals surface area contributed by atoms with Crippen LogP contribution in [0.3, 0.4) is 0 Å². The van der Waals surface area contributed by atoms with Crippen molar-refractivity contribution in [2.75, 3.05) is 30.3 Å². The minimum Gasteiger partial charge on any atom is -0.399 e. The van der Waals surface area contributed by atoms with Crippen LogP contribution in [0.4, 0.5) is 11.4 Å². The molecule has 3 N–H and O–H groups in total. The fourth-order valence-corrected chi connectivity index (χ4v) is 3.36. The Balaban J connectivity index is 1.80. The highest BCUT2D eigenvalue weighted by Crippen LogP contribution is 2.52. The lowest BCUT2D eigenvalue weighted by Gasteiger charge is -2.42. The van der Waals surface area contributed by atoms with Gasteiger partial charge in [-0.25, -0.2) is 0 Å². The van der Waals surface area contributed by atoms with Crippen molar-refractivity contribution in [3.05, 3.63) is 24.3 Å². The SMILES string of the molecule is Nc1ccc(N2C[C@H](CO)C3(CCC3)C2)cc1. The molecule has 1 aliphatic carbocycles. The minimum absolute atomic E-state index is 0.325. The van der Waals surface area contributed by atoms with Crippen molar-refractivity contribution >= 4 is 11.4 Å². The highest BCUT2D eigenvalue weighted by Gasteiger charge is 2.49. The summed E-state index contributed by atoms with van der Waals surface area (Å²) in [6.45, 7) is 2.41. The molecule has 1 saturated heterocycles. The second-order valence-electron chi connectivity index (χ2n) is 5.57. The fraction of sp³-hybridized carbons (Fsp3) is 0.571. The minimum atomic E-state index is 0.325. The van der Waals surface area contributed by atoms with Gasteiger partial charge in [0, 0.05) is 37.0 Å². The summed E-state index contributed by atoms with van der Waals surface area (Å²) >= 11 is 0. The zero-order valence-electron chi connectivity index (χ0n) is 10.1. The van der Waals surface area contributed by atoms with Gasteiger partial charge in [0.25, 0.3) is 0 Å². The summed E-state index contributed by atoms with van der Waals surface area (Å²) < 4.78 is 0. The maximum absolute atomic E-state index is 9.53. The molecule has 92 valence electrons. The van der Waals surface area contributed by atoms with Crippen LogP contribution in [0.1, 0.15) is 19.3 Å². The summed E-state index contributed by atoms with van der Waals surface area (Å²) in [5.74, 6) is 0.453. The van der Waals surface area contributed by atoms with E-state index in [1.165, 1.54) is 24.9 Å². The maximum Gasteiger partial charge on any atom is 0.0482 e. The molecule has 1 heterocycles.